The van der Waals surface area contributed by atoms with Crippen molar-refractivity contribution in [1.29, 1.82) is 0 Å². The molecule has 154 valence electrons. The van der Waals surface area contributed by atoms with Crippen LogP contribution in [-0.2, 0) is 6.54 Å². The smallest absolute Gasteiger partial charge is 0.315 e. The Labute approximate surface area is 178 Å². The maximum absolute atomic E-state index is 12.8. The van der Waals surface area contributed by atoms with E-state index < -0.39 is 0 Å². The van der Waals surface area contributed by atoms with Crippen LogP contribution < -0.4 is 10.6 Å². The number of benzene rings is 3. The molecule has 1 heterocycles. The number of nitrogens with one attached hydrogen (secondary N) is 2. The van der Waals surface area contributed by atoms with Gasteiger partial charge < -0.3 is 10.6 Å². The molecule has 4 heteroatoms. The number of carbonyl (C=O) groups is 1. The average molecular weight is 400 g/mol. The molecule has 30 heavy (non-hydrogen) atoms. The predicted molar refractivity (Wildman–Crippen MR) is 121 cm³/mol. The van der Waals surface area contributed by atoms with Crippen molar-refractivity contribution in [2.75, 3.05) is 13.1 Å². The van der Waals surface area contributed by atoms with E-state index in [9.17, 15) is 4.79 Å². The number of piperidine rings is 1. The molecule has 0 spiro atoms. The fourth-order valence-electron chi connectivity index (χ4n) is 4.09. The zero-order valence-electron chi connectivity index (χ0n) is 17.2. The lowest BCUT2D eigenvalue weighted by Gasteiger charge is -2.32. The molecule has 1 aliphatic heterocycles. The van der Waals surface area contributed by atoms with Gasteiger partial charge in [0.25, 0.3) is 0 Å². The van der Waals surface area contributed by atoms with Gasteiger partial charge in [-0.25, -0.2) is 4.79 Å². The minimum atomic E-state index is -0.162. The number of nitrogens with zero attached hydrogens (tertiary/aromatic N) is 1. The van der Waals surface area contributed by atoms with Crippen molar-refractivity contribution in [2.45, 2.75) is 31.5 Å². The Kier molecular flexibility index (Phi) is 6.78. The van der Waals surface area contributed by atoms with Crippen LogP contribution in [0.25, 0.3) is 0 Å². The molecule has 4 rings (SSSR count). The standard InChI is InChI=1S/C26H29N3O/c30-26(27-24-16-18-29(19-17-24)20-21-10-4-1-5-11-21)28-25(22-12-6-2-7-13-22)23-14-8-3-9-15-23/h1-15,24-25H,16-20H2,(H2,27,28,30). The molecule has 0 atom stereocenters. The first-order valence-corrected chi connectivity index (χ1v) is 10.7. The summed E-state index contributed by atoms with van der Waals surface area (Å²) in [7, 11) is 0. The van der Waals surface area contributed by atoms with E-state index in [0.29, 0.717) is 0 Å². The Morgan fingerprint density at radius 1 is 0.800 bits per heavy atom. The Bertz CT molecular complexity index is 867. The molecular weight excluding hydrogens is 370 g/mol. The van der Waals surface area contributed by atoms with Crippen LogP contribution in [0.2, 0.25) is 0 Å². The van der Waals surface area contributed by atoms with Gasteiger partial charge in [0.15, 0.2) is 0 Å². The van der Waals surface area contributed by atoms with Gasteiger partial charge in [0.1, 0.15) is 0 Å². The largest absolute Gasteiger partial charge is 0.335 e. The van der Waals surface area contributed by atoms with Crippen LogP contribution in [0.15, 0.2) is 91.0 Å². The number of amides is 2. The minimum absolute atomic E-state index is 0.103. The Morgan fingerprint density at radius 3 is 1.83 bits per heavy atom. The van der Waals surface area contributed by atoms with E-state index in [1.807, 2.05) is 36.4 Å². The molecule has 0 unspecified atom stereocenters. The van der Waals surface area contributed by atoms with Gasteiger partial charge in [-0.2, -0.15) is 0 Å². The predicted octanol–water partition coefficient (Wildman–Crippen LogP) is 4.74. The van der Waals surface area contributed by atoms with Crippen LogP contribution in [0.1, 0.15) is 35.6 Å². The van der Waals surface area contributed by atoms with Crippen molar-refractivity contribution in [3.8, 4) is 0 Å². The first-order valence-electron chi connectivity index (χ1n) is 10.7. The third kappa shape index (κ3) is 5.49. The highest BCUT2D eigenvalue weighted by atomic mass is 16.2. The van der Waals surface area contributed by atoms with E-state index in [0.717, 1.165) is 43.6 Å². The third-order valence-electron chi connectivity index (χ3n) is 5.71. The van der Waals surface area contributed by atoms with Crippen LogP contribution in [0.5, 0.6) is 0 Å². The molecule has 0 bridgehead atoms. The molecule has 4 nitrogen and oxygen atoms in total. The van der Waals surface area contributed by atoms with Crippen molar-refractivity contribution in [1.82, 2.24) is 15.5 Å². The fraction of sp³-hybridized carbons (Fsp3) is 0.269. The summed E-state index contributed by atoms with van der Waals surface area (Å²) in [4.78, 5) is 15.3. The SMILES string of the molecule is O=C(NC1CCN(Cc2ccccc2)CC1)NC(c1ccccc1)c1ccccc1. The number of hydrogen-bond acceptors (Lipinski definition) is 2. The highest BCUT2D eigenvalue weighted by Crippen LogP contribution is 2.22. The van der Waals surface area contributed by atoms with Crippen LogP contribution in [0, 0.1) is 0 Å². The van der Waals surface area contributed by atoms with Gasteiger partial charge >= 0.3 is 6.03 Å². The molecule has 0 aromatic heterocycles. The van der Waals surface area contributed by atoms with Crippen LogP contribution in [-0.4, -0.2) is 30.1 Å². The van der Waals surface area contributed by atoms with E-state index in [-0.39, 0.29) is 18.1 Å². The van der Waals surface area contributed by atoms with E-state index >= 15 is 0 Å². The quantitative estimate of drug-likeness (QED) is 0.629. The molecule has 1 saturated heterocycles. The normalized spacial score (nSPS) is 15.1. The van der Waals surface area contributed by atoms with Crippen molar-refractivity contribution in [2.24, 2.45) is 0 Å². The number of likely N-dealkylation sites (tertiary alicyclic amines) is 1. The summed E-state index contributed by atoms with van der Waals surface area (Å²) in [5.41, 5.74) is 3.50. The minimum Gasteiger partial charge on any atom is -0.335 e. The van der Waals surface area contributed by atoms with Crippen LogP contribution in [0.3, 0.4) is 0 Å². The molecule has 1 aliphatic rings. The summed E-state index contributed by atoms with van der Waals surface area (Å²) in [6.07, 6.45) is 1.95. The summed E-state index contributed by atoms with van der Waals surface area (Å²) in [6.45, 7) is 2.98. The van der Waals surface area contributed by atoms with Crippen LogP contribution >= 0.6 is 0 Å². The zero-order valence-corrected chi connectivity index (χ0v) is 17.2. The summed E-state index contributed by atoms with van der Waals surface area (Å²) in [5, 5.41) is 6.38. The first kappa shape index (κ1) is 20.2. The lowest BCUT2D eigenvalue weighted by molar-refractivity contribution is 0.186. The second kappa shape index (κ2) is 10.1. The third-order valence-corrected chi connectivity index (χ3v) is 5.71. The van der Waals surface area contributed by atoms with Gasteiger partial charge in [0, 0.05) is 25.7 Å². The van der Waals surface area contributed by atoms with E-state index in [2.05, 4.69) is 70.1 Å². The first-order chi connectivity index (χ1) is 14.8. The fourth-order valence-corrected chi connectivity index (χ4v) is 4.09. The topological polar surface area (TPSA) is 44.4 Å². The molecular formula is C26H29N3O. The van der Waals surface area contributed by atoms with Gasteiger partial charge in [0.2, 0.25) is 0 Å². The lowest BCUT2D eigenvalue weighted by Crippen LogP contribution is -2.48. The van der Waals surface area contributed by atoms with Crippen LogP contribution in [0.4, 0.5) is 4.79 Å². The van der Waals surface area contributed by atoms with E-state index in [4.69, 9.17) is 0 Å². The second-order valence-electron chi connectivity index (χ2n) is 7.91. The molecule has 1 fully saturated rings. The maximum Gasteiger partial charge on any atom is 0.315 e. The number of carbonyl (C=O) groups excluding carboxylic acids is 1. The van der Waals surface area contributed by atoms with Crippen molar-refractivity contribution >= 4 is 6.03 Å². The summed E-state index contributed by atoms with van der Waals surface area (Å²) >= 11 is 0. The summed E-state index contributed by atoms with van der Waals surface area (Å²) < 4.78 is 0. The number of hydrogen-bond donors (Lipinski definition) is 2. The highest BCUT2D eigenvalue weighted by Gasteiger charge is 2.22. The molecule has 0 aliphatic carbocycles. The molecule has 3 aromatic carbocycles. The maximum atomic E-state index is 12.8. The van der Waals surface area contributed by atoms with Gasteiger partial charge in [-0.3, -0.25) is 4.90 Å². The molecule has 2 amide bonds. The molecule has 3 aromatic rings. The van der Waals surface area contributed by atoms with Gasteiger partial charge in [0.05, 0.1) is 6.04 Å². The lowest BCUT2D eigenvalue weighted by atomic mass is 9.99. The Morgan fingerprint density at radius 2 is 1.30 bits per heavy atom. The number of rotatable bonds is 6. The average Bonchev–Trinajstić information content (AvgIpc) is 2.81. The van der Waals surface area contributed by atoms with Gasteiger partial charge in [-0.05, 0) is 29.5 Å². The highest BCUT2D eigenvalue weighted by molar-refractivity contribution is 5.75. The summed E-state index contributed by atoms with van der Waals surface area (Å²) in [6, 6.07) is 30.8. The summed E-state index contributed by atoms with van der Waals surface area (Å²) in [5.74, 6) is 0. The van der Waals surface area contributed by atoms with Gasteiger partial charge in [-0.15, -0.1) is 0 Å². The van der Waals surface area contributed by atoms with Crippen molar-refractivity contribution in [3.63, 3.8) is 0 Å². The zero-order chi connectivity index (χ0) is 20.6. The van der Waals surface area contributed by atoms with E-state index in [1.165, 1.54) is 5.56 Å². The van der Waals surface area contributed by atoms with Crippen molar-refractivity contribution in [3.05, 3.63) is 108 Å². The number of urea groups is 1. The second-order valence-corrected chi connectivity index (χ2v) is 7.91. The Balaban J connectivity index is 1.32. The van der Waals surface area contributed by atoms with E-state index in [1.54, 1.807) is 0 Å². The Hall–Kier alpha value is -3.11. The molecule has 0 radical (unpaired) electrons. The molecule has 0 saturated carbocycles. The van der Waals surface area contributed by atoms with Crippen molar-refractivity contribution < 1.29 is 4.79 Å². The molecule has 2 N–H and O–H groups in total. The monoisotopic (exact) mass is 399 g/mol. The van der Waals surface area contributed by atoms with Gasteiger partial charge in [-0.1, -0.05) is 91.0 Å².